The van der Waals surface area contributed by atoms with Crippen LogP contribution in [0.1, 0.15) is 1.43 Å². The third-order valence-corrected chi connectivity index (χ3v) is 1.31. The number of nitrogens with zero attached hydrogens (tertiary/aromatic N) is 1. The van der Waals surface area contributed by atoms with Crippen molar-refractivity contribution < 1.29 is 36.2 Å². The Morgan fingerprint density at radius 3 is 2.56 bits per heavy atom. The molecule has 1 rings (SSSR count). The molecule has 0 aromatic carbocycles. The Hall–Kier alpha value is 0.590. The van der Waals surface area contributed by atoms with Crippen LogP contribution in [-0.2, 0) is 0 Å². The monoisotopic (exact) mass is 153 g/mol. The van der Waals surface area contributed by atoms with E-state index in [0.717, 1.165) is 5.06 Å². The summed E-state index contributed by atoms with van der Waals surface area (Å²) >= 11 is 3.99. The van der Waals surface area contributed by atoms with Crippen LogP contribution >= 0.6 is 12.6 Å². The Balaban J connectivity index is 0. The predicted octanol–water partition coefficient (Wildman–Crippen LogP) is -1.87. The van der Waals surface area contributed by atoms with Crippen molar-refractivity contribution in [3.05, 3.63) is 24.4 Å². The maximum Gasteiger partial charge on any atom is 1.00 e. The summed E-state index contributed by atoms with van der Waals surface area (Å²) < 4.78 is 0. The topological polar surface area (TPSA) is 23.5 Å². The number of hydrogen-bond acceptors (Lipinski definition) is 3. The average Bonchev–Trinajstić information content (AvgIpc) is 1.77. The maximum absolute atomic E-state index is 8.80. The molecule has 1 heterocycles. The number of allylic oxidation sites excluding steroid dienone is 2. The van der Waals surface area contributed by atoms with Gasteiger partial charge in [-0.25, -0.2) is 5.06 Å². The molecule has 1 aliphatic rings. The predicted molar refractivity (Wildman–Crippen MR) is 35.8 cm³/mol. The molecule has 9 heavy (non-hydrogen) atoms. The zero-order valence-electron chi connectivity index (χ0n) is 6.23. The summed E-state index contributed by atoms with van der Waals surface area (Å²) in [5.41, 5.74) is 0. The van der Waals surface area contributed by atoms with Crippen LogP contribution in [0.2, 0.25) is 0 Å². The van der Waals surface area contributed by atoms with E-state index in [9.17, 15) is 0 Å². The molecule has 0 bridgehead atoms. The Labute approximate surface area is 83.4 Å². The minimum absolute atomic E-state index is 0. The summed E-state index contributed by atoms with van der Waals surface area (Å²) in [5.74, 6) is 0. The Kier molecular flexibility index (Phi) is 4.70. The molecule has 0 saturated carbocycles. The maximum atomic E-state index is 8.80. The SMILES string of the molecule is ON1C=CC=CC1S.[H-].[Na+]. The molecule has 0 spiro atoms. The zero-order valence-corrected chi connectivity index (χ0v) is 8.12. The van der Waals surface area contributed by atoms with Crippen LogP contribution in [0.25, 0.3) is 0 Å². The van der Waals surface area contributed by atoms with Gasteiger partial charge in [-0.3, -0.25) is 5.21 Å². The van der Waals surface area contributed by atoms with E-state index in [1.54, 1.807) is 18.4 Å². The van der Waals surface area contributed by atoms with E-state index < -0.39 is 0 Å². The quantitative estimate of drug-likeness (QED) is 0.315. The van der Waals surface area contributed by atoms with Gasteiger partial charge in [0.15, 0.2) is 0 Å². The van der Waals surface area contributed by atoms with Crippen molar-refractivity contribution in [2.45, 2.75) is 5.37 Å². The van der Waals surface area contributed by atoms with Crippen LogP contribution in [0.5, 0.6) is 0 Å². The number of thiol groups is 1. The van der Waals surface area contributed by atoms with Gasteiger partial charge in [-0.1, -0.05) is 6.08 Å². The van der Waals surface area contributed by atoms with Gasteiger partial charge in [-0.05, 0) is 12.2 Å². The fourth-order valence-corrected chi connectivity index (χ4v) is 0.654. The van der Waals surface area contributed by atoms with Crippen LogP contribution < -0.4 is 29.6 Å². The first-order valence-corrected chi connectivity index (χ1v) is 2.82. The van der Waals surface area contributed by atoms with Gasteiger partial charge in [0, 0.05) is 6.20 Å². The van der Waals surface area contributed by atoms with Crippen molar-refractivity contribution >= 4 is 12.6 Å². The fourth-order valence-electron chi connectivity index (χ4n) is 0.478. The van der Waals surface area contributed by atoms with Crippen molar-refractivity contribution in [1.82, 2.24) is 5.06 Å². The third kappa shape index (κ3) is 2.78. The van der Waals surface area contributed by atoms with Crippen LogP contribution in [0.15, 0.2) is 24.4 Å². The van der Waals surface area contributed by atoms with Crippen LogP contribution in [0, 0.1) is 0 Å². The second-order valence-corrected chi connectivity index (χ2v) is 2.05. The van der Waals surface area contributed by atoms with Gasteiger partial charge < -0.3 is 1.43 Å². The molecule has 1 atom stereocenters. The van der Waals surface area contributed by atoms with E-state index >= 15 is 0 Å². The summed E-state index contributed by atoms with van der Waals surface area (Å²) in [5, 5.41) is 9.65. The van der Waals surface area contributed by atoms with Gasteiger partial charge >= 0.3 is 29.6 Å². The first kappa shape index (κ1) is 9.59. The second-order valence-electron chi connectivity index (χ2n) is 1.52. The molecule has 0 aromatic rings. The molecule has 1 aliphatic heterocycles. The van der Waals surface area contributed by atoms with Gasteiger partial charge in [0.2, 0.25) is 0 Å². The normalized spacial score (nSPS) is 23.8. The second kappa shape index (κ2) is 4.41. The van der Waals surface area contributed by atoms with E-state index in [2.05, 4.69) is 12.6 Å². The van der Waals surface area contributed by atoms with Crippen molar-refractivity contribution in [2.75, 3.05) is 0 Å². The molecule has 46 valence electrons. The molecule has 1 N–H and O–H groups in total. The van der Waals surface area contributed by atoms with E-state index in [4.69, 9.17) is 5.21 Å². The van der Waals surface area contributed by atoms with Gasteiger partial charge in [-0.15, -0.1) is 12.6 Å². The number of hydroxylamine groups is 2. The van der Waals surface area contributed by atoms with E-state index in [0.29, 0.717) is 0 Å². The largest absolute Gasteiger partial charge is 1.00 e. The van der Waals surface area contributed by atoms with Crippen molar-refractivity contribution in [3.8, 4) is 0 Å². The van der Waals surface area contributed by atoms with Gasteiger partial charge in [0.25, 0.3) is 0 Å². The fraction of sp³-hybridized carbons (Fsp3) is 0.200. The van der Waals surface area contributed by atoms with E-state index in [-0.39, 0.29) is 36.4 Å². The van der Waals surface area contributed by atoms with Crippen LogP contribution in [0.3, 0.4) is 0 Å². The first-order valence-electron chi connectivity index (χ1n) is 2.31. The van der Waals surface area contributed by atoms with Crippen molar-refractivity contribution in [2.24, 2.45) is 0 Å². The first-order chi connectivity index (χ1) is 3.80. The minimum Gasteiger partial charge on any atom is -1.00 e. The van der Waals surface area contributed by atoms with Gasteiger partial charge in [0.05, 0.1) is 0 Å². The zero-order chi connectivity index (χ0) is 5.98. The van der Waals surface area contributed by atoms with Crippen molar-refractivity contribution in [1.29, 1.82) is 0 Å². The summed E-state index contributed by atoms with van der Waals surface area (Å²) in [6.45, 7) is 0. The molecule has 1 unspecified atom stereocenters. The molecule has 0 aliphatic carbocycles. The van der Waals surface area contributed by atoms with Crippen LogP contribution in [-0.4, -0.2) is 15.6 Å². The molecule has 2 nitrogen and oxygen atoms in total. The Bertz CT molecular complexity index is 126. The molecular formula is C5H8NNaOS. The van der Waals surface area contributed by atoms with Gasteiger partial charge in [-0.2, -0.15) is 0 Å². The summed E-state index contributed by atoms with van der Waals surface area (Å²) in [6, 6.07) is 0. The van der Waals surface area contributed by atoms with E-state index in [1.165, 1.54) is 0 Å². The number of hydrogen-bond donors (Lipinski definition) is 2. The van der Waals surface area contributed by atoms with Crippen LogP contribution in [0.4, 0.5) is 0 Å². The summed E-state index contributed by atoms with van der Waals surface area (Å²) in [4.78, 5) is 0. The molecule has 0 radical (unpaired) electrons. The average molecular weight is 153 g/mol. The third-order valence-electron chi connectivity index (χ3n) is 0.904. The molecule has 0 aromatic heterocycles. The molecule has 4 heteroatoms. The van der Waals surface area contributed by atoms with E-state index in [1.807, 2.05) is 6.08 Å². The molecule has 0 amide bonds. The molecular weight excluding hydrogens is 145 g/mol. The smallest absolute Gasteiger partial charge is 1.00 e. The standard InChI is InChI=1S/C5H7NOS.Na.H/c7-6-4-2-1-3-5(6)8;;/h1-5,7-8H;;/q;+1;-1. The summed E-state index contributed by atoms with van der Waals surface area (Å²) in [6.07, 6.45) is 6.91. The molecule has 0 fully saturated rings. The minimum atomic E-state index is -0.181. The summed E-state index contributed by atoms with van der Waals surface area (Å²) in [7, 11) is 0. The Morgan fingerprint density at radius 1 is 1.56 bits per heavy atom. The number of rotatable bonds is 0. The van der Waals surface area contributed by atoms with Gasteiger partial charge in [0.1, 0.15) is 5.37 Å². The Morgan fingerprint density at radius 2 is 2.22 bits per heavy atom. The molecule has 0 saturated heterocycles. The van der Waals surface area contributed by atoms with Crippen molar-refractivity contribution in [3.63, 3.8) is 0 Å².